The van der Waals surface area contributed by atoms with Gasteiger partial charge in [0.25, 0.3) is 5.91 Å². The molecule has 1 aromatic carbocycles. The molecule has 0 aliphatic carbocycles. The second kappa shape index (κ2) is 14.2. The van der Waals surface area contributed by atoms with E-state index in [0.29, 0.717) is 42.3 Å². The number of carbonyl (C=O) groups excluding carboxylic acids is 3. The molecule has 0 bridgehead atoms. The first kappa shape index (κ1) is 30.3. The molecule has 0 saturated heterocycles. The monoisotopic (exact) mass is 529 g/mol. The van der Waals surface area contributed by atoms with Crippen LogP contribution in [0.1, 0.15) is 68.3 Å². The molecule has 0 radical (unpaired) electrons. The lowest BCUT2D eigenvalue weighted by molar-refractivity contribution is -0.142. The van der Waals surface area contributed by atoms with Crippen LogP contribution in [0.25, 0.3) is 0 Å². The summed E-state index contributed by atoms with van der Waals surface area (Å²) in [5.41, 5.74) is 1.69. The van der Waals surface area contributed by atoms with Gasteiger partial charge in [0.1, 0.15) is 17.4 Å². The molecular formula is C27H39N5O6. The topological polar surface area (TPSA) is 152 Å². The normalized spacial score (nSPS) is 11.8. The van der Waals surface area contributed by atoms with Gasteiger partial charge in [0.2, 0.25) is 5.95 Å². The summed E-state index contributed by atoms with van der Waals surface area (Å²) in [7, 11) is 1.20. The third-order valence-electron chi connectivity index (χ3n) is 5.43. The Morgan fingerprint density at radius 1 is 1.08 bits per heavy atom. The first-order valence-corrected chi connectivity index (χ1v) is 12.7. The van der Waals surface area contributed by atoms with Gasteiger partial charge >= 0.3 is 12.1 Å². The average molecular weight is 530 g/mol. The van der Waals surface area contributed by atoms with Crippen molar-refractivity contribution in [3.8, 4) is 5.75 Å². The number of anilines is 1. The van der Waals surface area contributed by atoms with E-state index in [2.05, 4.69) is 25.9 Å². The van der Waals surface area contributed by atoms with E-state index in [9.17, 15) is 19.5 Å². The van der Waals surface area contributed by atoms with Gasteiger partial charge in [0, 0.05) is 6.54 Å². The van der Waals surface area contributed by atoms with Crippen LogP contribution in [0.3, 0.4) is 0 Å². The third-order valence-corrected chi connectivity index (χ3v) is 5.43. The Morgan fingerprint density at radius 2 is 1.74 bits per heavy atom. The van der Waals surface area contributed by atoms with Gasteiger partial charge in [-0.2, -0.15) is 0 Å². The van der Waals surface area contributed by atoms with Gasteiger partial charge in [0.05, 0.1) is 30.6 Å². The van der Waals surface area contributed by atoms with Gasteiger partial charge < -0.3 is 30.5 Å². The van der Waals surface area contributed by atoms with Gasteiger partial charge in [0.15, 0.2) is 0 Å². The van der Waals surface area contributed by atoms with Crippen molar-refractivity contribution in [3.63, 3.8) is 0 Å². The van der Waals surface area contributed by atoms with Crippen molar-refractivity contribution in [2.24, 2.45) is 0 Å². The molecular weight excluding hydrogens is 490 g/mol. The second-order valence-electron chi connectivity index (χ2n) is 9.65. The van der Waals surface area contributed by atoms with E-state index in [-0.39, 0.29) is 12.3 Å². The van der Waals surface area contributed by atoms with Crippen LogP contribution in [-0.4, -0.2) is 64.9 Å². The molecule has 11 heteroatoms. The Bertz CT molecular complexity index is 1090. The van der Waals surface area contributed by atoms with Gasteiger partial charge in [-0.25, -0.2) is 19.6 Å². The van der Waals surface area contributed by atoms with E-state index in [1.165, 1.54) is 7.11 Å². The highest BCUT2D eigenvalue weighted by molar-refractivity contribution is 5.99. The Labute approximate surface area is 223 Å². The van der Waals surface area contributed by atoms with Crippen LogP contribution < -0.4 is 16.0 Å². The lowest BCUT2D eigenvalue weighted by Gasteiger charge is -2.22. The molecule has 0 unspecified atom stereocenters. The highest BCUT2D eigenvalue weighted by atomic mass is 16.6. The van der Waals surface area contributed by atoms with Crippen molar-refractivity contribution in [3.05, 3.63) is 46.8 Å². The molecule has 0 aliphatic heterocycles. The summed E-state index contributed by atoms with van der Waals surface area (Å²) >= 11 is 0. The van der Waals surface area contributed by atoms with Crippen molar-refractivity contribution in [2.75, 3.05) is 25.5 Å². The number of carbonyl (C=O) groups is 3. The lowest BCUT2D eigenvalue weighted by Crippen LogP contribution is -2.50. The van der Waals surface area contributed by atoms with Crippen molar-refractivity contribution in [1.29, 1.82) is 0 Å². The molecule has 1 atom stereocenters. The zero-order chi connectivity index (χ0) is 28.3. The van der Waals surface area contributed by atoms with Crippen LogP contribution in [0, 0.1) is 0 Å². The number of amides is 2. The number of nitrogens with zero attached hydrogens (tertiary/aromatic N) is 2. The number of aromatic nitrogens is 2. The summed E-state index contributed by atoms with van der Waals surface area (Å²) in [6.07, 6.45) is 1.79. The summed E-state index contributed by atoms with van der Waals surface area (Å²) in [6.45, 7) is 9.32. The molecule has 0 saturated carbocycles. The smallest absolute Gasteiger partial charge is 0.407 e. The number of benzene rings is 1. The molecule has 2 amide bonds. The Balaban J connectivity index is 2.11. The third kappa shape index (κ3) is 9.53. The molecule has 38 heavy (non-hydrogen) atoms. The van der Waals surface area contributed by atoms with Crippen LogP contribution in [-0.2, 0) is 33.5 Å². The average Bonchev–Trinajstić information content (AvgIpc) is 2.86. The van der Waals surface area contributed by atoms with Crippen molar-refractivity contribution in [2.45, 2.75) is 71.9 Å². The highest BCUT2D eigenvalue weighted by Gasteiger charge is 2.27. The van der Waals surface area contributed by atoms with Crippen LogP contribution in [0.2, 0.25) is 0 Å². The van der Waals surface area contributed by atoms with E-state index >= 15 is 0 Å². The summed E-state index contributed by atoms with van der Waals surface area (Å²) in [5.74, 6) is -0.586. The number of hydrogen-bond acceptors (Lipinski definition) is 9. The molecule has 208 valence electrons. The first-order valence-electron chi connectivity index (χ1n) is 12.7. The van der Waals surface area contributed by atoms with E-state index < -0.39 is 29.6 Å². The SMILES string of the molecule is CCc1nc(NCCCc2cccc(O)c2)nc(CC)c1C(=O)N[C@@H](CNC(=O)OC(C)(C)C)C(=O)OC. The number of alkyl carbamates (subject to hydrolysis) is 1. The highest BCUT2D eigenvalue weighted by Crippen LogP contribution is 2.17. The molecule has 0 spiro atoms. The fourth-order valence-electron chi connectivity index (χ4n) is 3.68. The maximum Gasteiger partial charge on any atom is 0.407 e. The quantitative estimate of drug-likeness (QED) is 0.240. The Kier molecular flexibility index (Phi) is 11.3. The van der Waals surface area contributed by atoms with Crippen molar-refractivity contribution in [1.82, 2.24) is 20.6 Å². The lowest BCUT2D eigenvalue weighted by atomic mass is 10.1. The fourth-order valence-corrected chi connectivity index (χ4v) is 3.68. The number of esters is 1. The molecule has 11 nitrogen and oxygen atoms in total. The maximum absolute atomic E-state index is 13.3. The van der Waals surface area contributed by atoms with Crippen LogP contribution in [0.4, 0.5) is 10.7 Å². The second-order valence-corrected chi connectivity index (χ2v) is 9.65. The standard InChI is InChI=1S/C27H39N5O6/c1-7-19-22(23(34)30-21(24(35)37-6)16-29-26(36)38-27(3,4)5)20(8-2)32-25(31-19)28-14-10-12-17-11-9-13-18(33)15-17/h9,11,13,15,21,33H,7-8,10,12,14,16H2,1-6H3,(H,29,36)(H,30,34)(H,28,31,32)/t21-/m0/s1. The predicted octanol–water partition coefficient (Wildman–Crippen LogP) is 3.15. The number of methoxy groups -OCH3 is 1. The molecule has 0 aliphatic rings. The van der Waals surface area contributed by atoms with E-state index in [1.807, 2.05) is 26.0 Å². The van der Waals surface area contributed by atoms with Crippen LogP contribution in [0.5, 0.6) is 5.75 Å². The number of rotatable bonds is 12. The summed E-state index contributed by atoms with van der Waals surface area (Å²) in [6, 6.07) is 6.00. The van der Waals surface area contributed by atoms with E-state index in [1.54, 1.807) is 32.9 Å². The zero-order valence-electron chi connectivity index (χ0n) is 23.0. The molecule has 2 aromatic rings. The largest absolute Gasteiger partial charge is 0.508 e. The Morgan fingerprint density at radius 3 is 2.29 bits per heavy atom. The fraction of sp³-hybridized carbons (Fsp3) is 0.519. The minimum absolute atomic E-state index is 0.212. The van der Waals surface area contributed by atoms with Crippen molar-refractivity contribution >= 4 is 23.9 Å². The Hall–Kier alpha value is -3.89. The minimum atomic E-state index is -1.13. The molecule has 1 heterocycles. The van der Waals surface area contributed by atoms with Gasteiger partial charge in [-0.15, -0.1) is 0 Å². The minimum Gasteiger partial charge on any atom is -0.508 e. The number of aryl methyl sites for hydroxylation is 3. The zero-order valence-corrected chi connectivity index (χ0v) is 23.0. The summed E-state index contributed by atoms with van der Waals surface area (Å²) < 4.78 is 10.0. The number of phenolic OH excluding ortho intramolecular Hbond substituents is 1. The first-order chi connectivity index (χ1) is 18.0. The predicted molar refractivity (Wildman–Crippen MR) is 143 cm³/mol. The van der Waals surface area contributed by atoms with Crippen molar-refractivity contribution < 1.29 is 29.0 Å². The number of hydrogen-bond donors (Lipinski definition) is 4. The van der Waals surface area contributed by atoms with Gasteiger partial charge in [-0.3, -0.25) is 4.79 Å². The van der Waals surface area contributed by atoms with E-state index in [0.717, 1.165) is 18.4 Å². The number of aromatic hydroxyl groups is 1. The van der Waals surface area contributed by atoms with Gasteiger partial charge in [-0.05, 0) is 64.2 Å². The summed E-state index contributed by atoms with van der Waals surface area (Å²) in [4.78, 5) is 46.7. The molecule has 4 N–H and O–H groups in total. The molecule has 1 aromatic heterocycles. The number of phenols is 1. The molecule has 2 rings (SSSR count). The maximum atomic E-state index is 13.3. The van der Waals surface area contributed by atoms with E-state index in [4.69, 9.17) is 9.47 Å². The van der Waals surface area contributed by atoms with Gasteiger partial charge in [-0.1, -0.05) is 26.0 Å². The number of ether oxygens (including phenoxy) is 2. The van der Waals surface area contributed by atoms with Crippen LogP contribution in [0.15, 0.2) is 24.3 Å². The van der Waals surface area contributed by atoms with Crippen LogP contribution >= 0.6 is 0 Å². The summed E-state index contributed by atoms with van der Waals surface area (Å²) in [5, 5.41) is 18.0. The number of nitrogens with one attached hydrogen (secondary N) is 3. The molecule has 0 fully saturated rings.